The van der Waals surface area contributed by atoms with Crippen LogP contribution in [0.4, 0.5) is 0 Å². The molecule has 3 nitrogen and oxygen atoms in total. The number of rotatable bonds is 8. The average Bonchev–Trinajstić information content (AvgIpc) is 2.09. The topological polar surface area (TPSA) is 18.5 Å². The molecule has 0 aliphatic heterocycles. The Morgan fingerprint density at radius 1 is 1.15 bits per heavy atom. The number of likely N-dealkylation sites (N-methyl/N-ethyl adjacent to an activating group) is 2. The zero-order chi connectivity index (χ0) is 10.1. The molecule has 0 aliphatic rings. The molecule has 0 atom stereocenters. The minimum Gasteiger partial charge on any atom is -0.312 e. The Morgan fingerprint density at radius 3 is 2.38 bits per heavy atom. The van der Waals surface area contributed by atoms with Gasteiger partial charge in [0.15, 0.2) is 0 Å². The normalized spacial score (nSPS) is 11.2. The first-order valence-electron chi connectivity index (χ1n) is 4.81. The summed E-state index contributed by atoms with van der Waals surface area (Å²) in [4.78, 5) is 4.53. The fourth-order valence-corrected chi connectivity index (χ4v) is 0.957. The zero-order valence-electron chi connectivity index (χ0n) is 9.21. The summed E-state index contributed by atoms with van der Waals surface area (Å²) in [6, 6.07) is 0. The first-order chi connectivity index (χ1) is 6.16. The van der Waals surface area contributed by atoms with E-state index in [2.05, 4.69) is 42.8 Å². The maximum Gasteiger partial charge on any atom is 0.0132 e. The highest BCUT2D eigenvalue weighted by atomic mass is 15.2. The lowest BCUT2D eigenvalue weighted by Gasteiger charge is -2.19. The maximum absolute atomic E-state index is 3.65. The smallest absolute Gasteiger partial charge is 0.0132 e. The van der Waals surface area contributed by atoms with Gasteiger partial charge in [-0.15, -0.1) is 6.58 Å². The van der Waals surface area contributed by atoms with Crippen molar-refractivity contribution in [3.05, 3.63) is 12.7 Å². The van der Waals surface area contributed by atoms with Gasteiger partial charge in [-0.3, -0.25) is 0 Å². The van der Waals surface area contributed by atoms with Crippen molar-refractivity contribution in [3.8, 4) is 0 Å². The monoisotopic (exact) mass is 185 g/mol. The second-order valence-corrected chi connectivity index (χ2v) is 3.60. The van der Waals surface area contributed by atoms with Gasteiger partial charge in [-0.1, -0.05) is 6.08 Å². The molecule has 0 spiro atoms. The highest BCUT2D eigenvalue weighted by molar-refractivity contribution is 4.69. The Bertz CT molecular complexity index is 123. The van der Waals surface area contributed by atoms with E-state index in [0.717, 1.165) is 32.7 Å². The van der Waals surface area contributed by atoms with Gasteiger partial charge in [-0.2, -0.15) is 0 Å². The van der Waals surface area contributed by atoms with Crippen molar-refractivity contribution in [2.24, 2.45) is 0 Å². The fraction of sp³-hybridized carbons (Fsp3) is 0.800. The minimum atomic E-state index is 0.904. The highest BCUT2D eigenvalue weighted by Gasteiger charge is 1.97. The molecule has 1 N–H and O–H groups in total. The summed E-state index contributed by atoms with van der Waals surface area (Å²) in [5.41, 5.74) is 0. The van der Waals surface area contributed by atoms with Crippen LogP contribution < -0.4 is 5.32 Å². The van der Waals surface area contributed by atoms with E-state index in [1.165, 1.54) is 0 Å². The van der Waals surface area contributed by atoms with Crippen LogP contribution in [0.3, 0.4) is 0 Å². The van der Waals surface area contributed by atoms with Gasteiger partial charge < -0.3 is 15.1 Å². The van der Waals surface area contributed by atoms with Crippen molar-refractivity contribution in [1.29, 1.82) is 0 Å². The first kappa shape index (κ1) is 12.6. The molecule has 0 saturated carbocycles. The Labute approximate surface area is 82.4 Å². The summed E-state index contributed by atoms with van der Waals surface area (Å²) in [5, 5.41) is 3.28. The predicted octanol–water partition coefficient (Wildman–Crippen LogP) is 0.255. The standard InChI is InChI=1S/C10H23N3/c1-5-6-11-7-8-13(4)10-9-12(2)3/h5,11H,1,6-10H2,2-4H3. The quantitative estimate of drug-likeness (QED) is 0.432. The lowest BCUT2D eigenvalue weighted by Crippen LogP contribution is -2.34. The molecule has 0 aromatic carbocycles. The maximum atomic E-state index is 3.65. The molecule has 0 unspecified atom stereocenters. The van der Waals surface area contributed by atoms with E-state index in [-0.39, 0.29) is 0 Å². The largest absolute Gasteiger partial charge is 0.312 e. The lowest BCUT2D eigenvalue weighted by atomic mass is 10.4. The first-order valence-corrected chi connectivity index (χ1v) is 4.81. The van der Waals surface area contributed by atoms with Gasteiger partial charge >= 0.3 is 0 Å². The zero-order valence-corrected chi connectivity index (χ0v) is 9.21. The molecule has 0 aromatic rings. The number of nitrogens with zero attached hydrogens (tertiary/aromatic N) is 2. The summed E-state index contributed by atoms with van der Waals surface area (Å²) in [5.74, 6) is 0. The van der Waals surface area contributed by atoms with E-state index in [1.807, 2.05) is 6.08 Å². The van der Waals surface area contributed by atoms with Crippen LogP contribution in [-0.2, 0) is 0 Å². The number of nitrogens with one attached hydrogen (secondary N) is 1. The molecule has 0 bridgehead atoms. The lowest BCUT2D eigenvalue weighted by molar-refractivity contribution is 0.282. The molecule has 0 radical (unpaired) electrons. The Balaban J connectivity index is 3.19. The summed E-state index contributed by atoms with van der Waals surface area (Å²) >= 11 is 0. The number of hydrogen-bond donors (Lipinski definition) is 1. The van der Waals surface area contributed by atoms with Gasteiger partial charge in [-0.05, 0) is 21.1 Å². The molecular weight excluding hydrogens is 162 g/mol. The molecule has 0 amide bonds. The van der Waals surface area contributed by atoms with Crippen LogP contribution in [-0.4, -0.2) is 63.7 Å². The van der Waals surface area contributed by atoms with Crippen molar-refractivity contribution in [1.82, 2.24) is 15.1 Å². The second kappa shape index (κ2) is 8.23. The van der Waals surface area contributed by atoms with Crippen LogP contribution in [0.5, 0.6) is 0 Å². The van der Waals surface area contributed by atoms with E-state index < -0.39 is 0 Å². The molecule has 0 fully saturated rings. The van der Waals surface area contributed by atoms with Crippen molar-refractivity contribution in [2.45, 2.75) is 0 Å². The Hall–Kier alpha value is -0.380. The van der Waals surface area contributed by atoms with Crippen molar-refractivity contribution < 1.29 is 0 Å². The van der Waals surface area contributed by atoms with Crippen LogP contribution >= 0.6 is 0 Å². The van der Waals surface area contributed by atoms with E-state index in [9.17, 15) is 0 Å². The molecule has 0 aliphatic carbocycles. The third kappa shape index (κ3) is 9.53. The predicted molar refractivity (Wildman–Crippen MR) is 59.1 cm³/mol. The van der Waals surface area contributed by atoms with Crippen molar-refractivity contribution in [3.63, 3.8) is 0 Å². The van der Waals surface area contributed by atoms with E-state index in [4.69, 9.17) is 0 Å². The SMILES string of the molecule is C=CCNCCN(C)CCN(C)C. The van der Waals surface area contributed by atoms with Crippen LogP contribution in [0.25, 0.3) is 0 Å². The van der Waals surface area contributed by atoms with E-state index in [1.54, 1.807) is 0 Å². The summed E-state index contributed by atoms with van der Waals surface area (Å²) in [6.45, 7) is 8.95. The van der Waals surface area contributed by atoms with Gasteiger partial charge in [0.25, 0.3) is 0 Å². The van der Waals surface area contributed by atoms with E-state index >= 15 is 0 Å². The van der Waals surface area contributed by atoms with Crippen molar-refractivity contribution in [2.75, 3.05) is 53.9 Å². The highest BCUT2D eigenvalue weighted by Crippen LogP contribution is 1.82. The van der Waals surface area contributed by atoms with Gasteiger partial charge in [0, 0.05) is 32.7 Å². The third-order valence-corrected chi connectivity index (χ3v) is 1.89. The second-order valence-electron chi connectivity index (χ2n) is 3.60. The molecule has 0 heterocycles. The Morgan fingerprint density at radius 2 is 1.85 bits per heavy atom. The Kier molecular flexibility index (Phi) is 7.99. The summed E-state index contributed by atoms with van der Waals surface area (Å²) in [7, 11) is 6.35. The summed E-state index contributed by atoms with van der Waals surface area (Å²) in [6.07, 6.45) is 1.89. The van der Waals surface area contributed by atoms with E-state index in [0.29, 0.717) is 0 Å². The van der Waals surface area contributed by atoms with Crippen LogP contribution in [0, 0.1) is 0 Å². The van der Waals surface area contributed by atoms with Crippen molar-refractivity contribution >= 4 is 0 Å². The minimum absolute atomic E-state index is 0.904. The van der Waals surface area contributed by atoms with Gasteiger partial charge in [0.05, 0.1) is 0 Å². The average molecular weight is 185 g/mol. The van der Waals surface area contributed by atoms with Crippen LogP contribution in [0.15, 0.2) is 12.7 Å². The summed E-state index contributed by atoms with van der Waals surface area (Å²) < 4.78 is 0. The van der Waals surface area contributed by atoms with Gasteiger partial charge in [0.2, 0.25) is 0 Å². The third-order valence-electron chi connectivity index (χ3n) is 1.89. The van der Waals surface area contributed by atoms with Gasteiger partial charge in [0.1, 0.15) is 0 Å². The molecule has 13 heavy (non-hydrogen) atoms. The molecule has 0 saturated heterocycles. The fourth-order valence-electron chi connectivity index (χ4n) is 0.957. The molecule has 3 heteroatoms. The molecular formula is C10H23N3. The molecule has 0 rings (SSSR count). The molecule has 0 aromatic heterocycles. The number of hydrogen-bond acceptors (Lipinski definition) is 3. The molecule has 78 valence electrons. The van der Waals surface area contributed by atoms with Crippen LogP contribution in [0.1, 0.15) is 0 Å². The van der Waals surface area contributed by atoms with Crippen LogP contribution in [0.2, 0.25) is 0 Å². The van der Waals surface area contributed by atoms with Gasteiger partial charge in [-0.25, -0.2) is 0 Å².